The Morgan fingerprint density at radius 3 is 2.65 bits per heavy atom. The maximum absolute atomic E-state index is 12.5. The first-order valence-electron chi connectivity index (χ1n) is 8.31. The maximum Gasteiger partial charge on any atom is 0.255 e. The van der Waals surface area contributed by atoms with Crippen molar-refractivity contribution in [1.82, 2.24) is 4.90 Å². The summed E-state index contributed by atoms with van der Waals surface area (Å²) in [6.45, 7) is 2.32. The van der Waals surface area contributed by atoms with Crippen LogP contribution in [0.3, 0.4) is 0 Å². The third-order valence-corrected chi connectivity index (χ3v) is 4.06. The molecule has 138 valence electrons. The molecule has 3 rings (SSSR count). The molecule has 0 saturated heterocycles. The number of hydrogen-bond acceptors (Lipinski definition) is 5. The molecule has 26 heavy (non-hydrogen) atoms. The zero-order valence-corrected chi connectivity index (χ0v) is 15.5. The summed E-state index contributed by atoms with van der Waals surface area (Å²) >= 11 is 6.18. The second-order valence-corrected chi connectivity index (χ2v) is 6.52. The lowest BCUT2D eigenvalue weighted by molar-refractivity contribution is 0.102. The number of anilines is 1. The normalized spacial score (nSPS) is 12.8. The van der Waals surface area contributed by atoms with Gasteiger partial charge in [-0.25, -0.2) is 0 Å². The first-order chi connectivity index (χ1) is 12.5. The molecule has 0 aliphatic carbocycles. The molecule has 7 heteroatoms. The number of rotatable bonds is 6. The van der Waals surface area contributed by atoms with E-state index >= 15 is 0 Å². The number of nitrogens with one attached hydrogen (secondary N) is 1. The predicted octanol–water partition coefficient (Wildman–Crippen LogP) is 3.30. The highest BCUT2D eigenvalue weighted by Gasteiger charge is 2.19. The molecule has 6 nitrogen and oxygen atoms in total. The van der Waals surface area contributed by atoms with Gasteiger partial charge in [-0.15, -0.1) is 0 Å². The lowest BCUT2D eigenvalue weighted by Gasteiger charge is -2.20. The van der Waals surface area contributed by atoms with Crippen molar-refractivity contribution in [3.63, 3.8) is 0 Å². The zero-order chi connectivity index (χ0) is 18.5. The van der Waals surface area contributed by atoms with Crippen molar-refractivity contribution in [2.75, 3.05) is 45.8 Å². The molecule has 1 heterocycles. The van der Waals surface area contributed by atoms with E-state index in [4.69, 9.17) is 25.8 Å². The Labute approximate surface area is 157 Å². The third-order valence-electron chi connectivity index (χ3n) is 3.78. The SMILES string of the molecule is CN(C)CCOc1ccc(NC(=O)c2cc(Cl)c3c(c2)OCCO3)cc1. The summed E-state index contributed by atoms with van der Waals surface area (Å²) in [5, 5.41) is 3.19. The molecule has 0 saturated carbocycles. The highest BCUT2D eigenvalue weighted by Crippen LogP contribution is 2.38. The van der Waals surface area contributed by atoms with Crippen LogP contribution in [-0.2, 0) is 0 Å². The third kappa shape index (κ3) is 4.59. The fourth-order valence-electron chi connectivity index (χ4n) is 2.43. The van der Waals surface area contributed by atoms with Gasteiger partial charge in [-0.3, -0.25) is 4.79 Å². The molecule has 0 aromatic heterocycles. The van der Waals surface area contributed by atoms with E-state index in [1.807, 2.05) is 31.1 Å². The summed E-state index contributed by atoms with van der Waals surface area (Å²) < 4.78 is 16.6. The van der Waals surface area contributed by atoms with Gasteiger partial charge in [-0.2, -0.15) is 0 Å². The van der Waals surface area contributed by atoms with E-state index in [1.165, 1.54) is 0 Å². The van der Waals surface area contributed by atoms with E-state index in [2.05, 4.69) is 5.32 Å². The monoisotopic (exact) mass is 376 g/mol. The summed E-state index contributed by atoms with van der Waals surface area (Å²) in [7, 11) is 3.98. The number of benzene rings is 2. The van der Waals surface area contributed by atoms with Crippen LogP contribution in [0.1, 0.15) is 10.4 Å². The van der Waals surface area contributed by atoms with Gasteiger partial charge < -0.3 is 24.4 Å². The van der Waals surface area contributed by atoms with Gasteiger partial charge in [0.15, 0.2) is 11.5 Å². The van der Waals surface area contributed by atoms with E-state index in [0.29, 0.717) is 47.6 Å². The van der Waals surface area contributed by atoms with Crippen LogP contribution >= 0.6 is 11.6 Å². The molecule has 0 bridgehead atoms. The number of fused-ring (bicyclic) bond motifs is 1. The number of amides is 1. The van der Waals surface area contributed by atoms with Gasteiger partial charge in [-0.05, 0) is 50.5 Å². The Kier molecular flexibility index (Phi) is 5.85. The molecule has 1 aliphatic heterocycles. The molecule has 1 amide bonds. The topological polar surface area (TPSA) is 60.0 Å². The van der Waals surface area contributed by atoms with Gasteiger partial charge in [0, 0.05) is 17.8 Å². The van der Waals surface area contributed by atoms with Crippen LogP contribution in [0.25, 0.3) is 0 Å². The van der Waals surface area contributed by atoms with Gasteiger partial charge in [0.2, 0.25) is 0 Å². The molecule has 1 aliphatic rings. The van der Waals surface area contributed by atoms with E-state index in [9.17, 15) is 4.79 Å². The molecule has 0 spiro atoms. The minimum Gasteiger partial charge on any atom is -0.492 e. The average molecular weight is 377 g/mol. The van der Waals surface area contributed by atoms with Crippen LogP contribution in [0.4, 0.5) is 5.69 Å². The molecular weight excluding hydrogens is 356 g/mol. The van der Waals surface area contributed by atoms with Crippen LogP contribution in [0.2, 0.25) is 5.02 Å². The number of carbonyl (C=O) groups is 1. The number of nitrogens with zero attached hydrogens (tertiary/aromatic N) is 1. The second-order valence-electron chi connectivity index (χ2n) is 6.11. The molecule has 1 N–H and O–H groups in total. The lowest BCUT2D eigenvalue weighted by Crippen LogP contribution is -2.19. The van der Waals surface area contributed by atoms with Gasteiger partial charge in [0.1, 0.15) is 25.6 Å². The molecule has 0 radical (unpaired) electrons. The van der Waals surface area contributed by atoms with Crippen molar-refractivity contribution >= 4 is 23.2 Å². The van der Waals surface area contributed by atoms with E-state index in [1.54, 1.807) is 24.3 Å². The van der Waals surface area contributed by atoms with Crippen molar-refractivity contribution < 1.29 is 19.0 Å². The first kappa shape index (κ1) is 18.4. The Bertz CT molecular complexity index is 778. The summed E-state index contributed by atoms with van der Waals surface area (Å²) in [6.07, 6.45) is 0. The second kappa shape index (κ2) is 8.29. The highest BCUT2D eigenvalue weighted by molar-refractivity contribution is 6.32. The van der Waals surface area contributed by atoms with Gasteiger partial charge in [-0.1, -0.05) is 11.6 Å². The Morgan fingerprint density at radius 1 is 1.19 bits per heavy atom. The van der Waals surface area contributed by atoms with Gasteiger partial charge in [0.25, 0.3) is 5.91 Å². The molecule has 0 atom stereocenters. The van der Waals surface area contributed by atoms with E-state index in [0.717, 1.165) is 12.3 Å². The van der Waals surface area contributed by atoms with Crippen molar-refractivity contribution in [1.29, 1.82) is 0 Å². The number of carbonyl (C=O) groups excluding carboxylic acids is 1. The number of hydrogen-bond donors (Lipinski definition) is 1. The van der Waals surface area contributed by atoms with Crippen LogP contribution in [0, 0.1) is 0 Å². The molecule has 2 aromatic carbocycles. The molecule has 2 aromatic rings. The van der Waals surface area contributed by atoms with Crippen LogP contribution < -0.4 is 19.5 Å². The number of ether oxygens (including phenoxy) is 3. The Morgan fingerprint density at radius 2 is 1.92 bits per heavy atom. The largest absolute Gasteiger partial charge is 0.492 e. The molecule has 0 fully saturated rings. The van der Waals surface area contributed by atoms with Crippen LogP contribution in [-0.4, -0.2) is 51.3 Å². The smallest absolute Gasteiger partial charge is 0.255 e. The quantitative estimate of drug-likeness (QED) is 0.838. The summed E-state index contributed by atoms with van der Waals surface area (Å²) in [6, 6.07) is 10.4. The van der Waals surface area contributed by atoms with E-state index in [-0.39, 0.29) is 5.91 Å². The fraction of sp³-hybridized carbons (Fsp3) is 0.316. The van der Waals surface area contributed by atoms with Crippen LogP contribution in [0.15, 0.2) is 36.4 Å². The summed E-state index contributed by atoms with van der Waals surface area (Å²) in [5.74, 6) is 1.45. The fourth-order valence-corrected chi connectivity index (χ4v) is 2.69. The Hall–Kier alpha value is -2.44. The lowest BCUT2D eigenvalue weighted by atomic mass is 10.1. The minimum atomic E-state index is -0.273. The van der Waals surface area contributed by atoms with Crippen molar-refractivity contribution in [2.24, 2.45) is 0 Å². The van der Waals surface area contributed by atoms with Crippen molar-refractivity contribution in [2.45, 2.75) is 0 Å². The maximum atomic E-state index is 12.5. The molecule has 0 unspecified atom stereocenters. The summed E-state index contributed by atoms with van der Waals surface area (Å²) in [5.41, 5.74) is 1.08. The van der Waals surface area contributed by atoms with E-state index < -0.39 is 0 Å². The highest BCUT2D eigenvalue weighted by atomic mass is 35.5. The van der Waals surface area contributed by atoms with Crippen molar-refractivity contribution in [3.05, 3.63) is 47.0 Å². The van der Waals surface area contributed by atoms with Gasteiger partial charge in [0.05, 0.1) is 5.02 Å². The predicted molar refractivity (Wildman–Crippen MR) is 101 cm³/mol. The zero-order valence-electron chi connectivity index (χ0n) is 14.8. The van der Waals surface area contributed by atoms with Crippen molar-refractivity contribution in [3.8, 4) is 17.2 Å². The summed E-state index contributed by atoms with van der Waals surface area (Å²) in [4.78, 5) is 14.5. The number of halogens is 1. The van der Waals surface area contributed by atoms with Crippen LogP contribution in [0.5, 0.6) is 17.2 Å². The average Bonchev–Trinajstić information content (AvgIpc) is 2.63. The van der Waals surface area contributed by atoms with Gasteiger partial charge >= 0.3 is 0 Å². The standard InChI is InChI=1S/C19H21ClN2O4/c1-22(2)7-8-24-15-5-3-14(4-6-15)21-19(23)13-11-16(20)18-17(12-13)25-9-10-26-18/h3-6,11-12H,7-10H2,1-2H3,(H,21,23). The number of likely N-dealkylation sites (N-methyl/N-ethyl adjacent to an activating group) is 1. The molecular formula is C19H21ClN2O4. The first-order valence-corrected chi connectivity index (χ1v) is 8.69. The Balaban J connectivity index is 1.64. The minimum absolute atomic E-state index is 0.273.